The first-order chi connectivity index (χ1) is 5.91. The zero-order valence-electron chi connectivity index (χ0n) is 7.30. The van der Waals surface area contributed by atoms with Crippen molar-refractivity contribution in [1.29, 1.82) is 0 Å². The molecule has 8 heteroatoms. The summed E-state index contributed by atoms with van der Waals surface area (Å²) in [6.07, 6.45) is 2.48. The Balaban J connectivity index is 0. The van der Waals surface area contributed by atoms with E-state index in [0.29, 0.717) is 6.42 Å². The number of hydrogen-bond acceptors (Lipinski definition) is 6. The number of carboxylic acids is 1. The first kappa shape index (κ1) is 15.5. The molecule has 0 bridgehead atoms. The first-order valence-corrected chi connectivity index (χ1v) is 5.96. The van der Waals surface area contributed by atoms with E-state index in [4.69, 9.17) is 15.4 Å². The van der Waals surface area contributed by atoms with Crippen LogP contribution in [0.3, 0.4) is 0 Å². The van der Waals surface area contributed by atoms with Gasteiger partial charge in [-0.3, -0.25) is 4.79 Å². The molecule has 0 aromatic heterocycles. The van der Waals surface area contributed by atoms with Crippen LogP contribution < -0.4 is 16.0 Å². The molecule has 0 aliphatic rings. The highest BCUT2D eigenvalue weighted by Gasteiger charge is 2.08. The van der Waals surface area contributed by atoms with Crippen LogP contribution in [0, 0.1) is 0 Å². The Kier molecular flexibility index (Phi) is 12.0. The lowest BCUT2D eigenvalue weighted by atomic mass is 10.2. The molecule has 0 unspecified atom stereocenters. The molecular weight excluding hydrogens is 214 g/mol. The van der Waals surface area contributed by atoms with Crippen molar-refractivity contribution in [2.45, 2.75) is 12.5 Å². The molecule has 0 radical (unpaired) electrons. The predicted molar refractivity (Wildman–Crippen MR) is 55.1 cm³/mol. The van der Waals surface area contributed by atoms with Crippen LogP contribution in [0.4, 0.5) is 0 Å². The van der Waals surface area contributed by atoms with Gasteiger partial charge in [-0.1, -0.05) is 0 Å². The third-order valence-electron chi connectivity index (χ3n) is 0.950. The van der Waals surface area contributed by atoms with Gasteiger partial charge < -0.3 is 15.4 Å². The Morgan fingerprint density at radius 1 is 1.69 bits per heavy atom. The molecule has 0 spiro atoms. The van der Waals surface area contributed by atoms with Crippen LogP contribution in [0.5, 0.6) is 0 Å². The summed E-state index contributed by atoms with van der Waals surface area (Å²) < 4.78 is 9.11. The van der Waals surface area contributed by atoms with Gasteiger partial charge in [0.15, 0.2) is 0 Å². The smallest absolute Gasteiger partial charge is 0.320 e. The van der Waals surface area contributed by atoms with E-state index in [1.54, 1.807) is 11.8 Å². The van der Waals surface area contributed by atoms with Gasteiger partial charge in [0.05, 0.1) is 0 Å². The highest BCUT2D eigenvalue weighted by atomic mass is 32.2. The second-order valence-electron chi connectivity index (χ2n) is 2.05. The van der Waals surface area contributed by atoms with E-state index in [0.717, 1.165) is 5.75 Å². The molecule has 0 saturated carbocycles. The fraction of sp³-hybridized carbons (Fsp3) is 0.800. The SMILES string of the molecule is CSCC[C@H](N)C(=O)O.N[S+](N)[O-]. The monoisotopic (exact) mass is 229 g/mol. The summed E-state index contributed by atoms with van der Waals surface area (Å²) in [4.78, 5) is 10.1. The van der Waals surface area contributed by atoms with E-state index in [1.165, 1.54) is 0 Å². The molecule has 0 fully saturated rings. The predicted octanol–water partition coefficient (Wildman–Crippen LogP) is -1.37. The third kappa shape index (κ3) is 18.8. The summed E-state index contributed by atoms with van der Waals surface area (Å²) in [5, 5.41) is 17.0. The maximum atomic E-state index is 10.1. The quantitative estimate of drug-likeness (QED) is 0.436. The number of thioether (sulfide) groups is 1. The molecule has 0 aliphatic carbocycles. The van der Waals surface area contributed by atoms with E-state index in [9.17, 15) is 4.79 Å². The Morgan fingerprint density at radius 2 is 2.08 bits per heavy atom. The zero-order chi connectivity index (χ0) is 10.9. The lowest BCUT2D eigenvalue weighted by molar-refractivity contribution is -0.138. The van der Waals surface area contributed by atoms with Crippen molar-refractivity contribution in [3.8, 4) is 0 Å². The highest BCUT2D eigenvalue weighted by Crippen LogP contribution is 1.97. The van der Waals surface area contributed by atoms with Crippen molar-refractivity contribution in [2.75, 3.05) is 12.0 Å². The molecular formula is C5H15N3O3S2. The number of carboxylic acid groups (broad SMARTS) is 1. The molecule has 0 heterocycles. The zero-order valence-corrected chi connectivity index (χ0v) is 8.94. The van der Waals surface area contributed by atoms with Crippen molar-refractivity contribution >= 4 is 29.3 Å². The largest absolute Gasteiger partial charge is 0.579 e. The molecule has 0 aromatic carbocycles. The first-order valence-electron chi connectivity index (χ1n) is 3.29. The van der Waals surface area contributed by atoms with E-state index in [2.05, 4.69) is 10.3 Å². The molecule has 0 amide bonds. The van der Waals surface area contributed by atoms with Crippen molar-refractivity contribution < 1.29 is 14.5 Å². The van der Waals surface area contributed by atoms with Gasteiger partial charge in [0.2, 0.25) is 0 Å². The summed E-state index contributed by atoms with van der Waals surface area (Å²) in [5.41, 5.74) is 5.19. The van der Waals surface area contributed by atoms with Gasteiger partial charge >= 0.3 is 5.97 Å². The Labute approximate surface area is 84.7 Å². The topological polar surface area (TPSA) is 138 Å². The van der Waals surface area contributed by atoms with Gasteiger partial charge in [-0.25, -0.2) is 0 Å². The summed E-state index contributed by atoms with van der Waals surface area (Å²) in [7, 11) is 0. The lowest BCUT2D eigenvalue weighted by Crippen LogP contribution is -2.30. The van der Waals surface area contributed by atoms with Crippen LogP contribution in [-0.2, 0) is 16.3 Å². The van der Waals surface area contributed by atoms with Crippen molar-refractivity contribution in [1.82, 2.24) is 0 Å². The fourth-order valence-corrected chi connectivity index (χ4v) is 0.858. The highest BCUT2D eigenvalue weighted by molar-refractivity contribution is 7.98. The molecule has 0 aliphatic heterocycles. The Morgan fingerprint density at radius 3 is 2.31 bits per heavy atom. The summed E-state index contributed by atoms with van der Waals surface area (Å²) in [6, 6.07) is -0.683. The maximum absolute atomic E-state index is 10.1. The number of rotatable bonds is 4. The number of hydrogen-bond donors (Lipinski definition) is 4. The average Bonchev–Trinajstić information content (AvgIpc) is 1.98. The van der Waals surface area contributed by atoms with Crippen molar-refractivity contribution in [3.63, 3.8) is 0 Å². The van der Waals surface area contributed by atoms with Gasteiger partial charge in [0, 0.05) is 0 Å². The average molecular weight is 229 g/mol. The van der Waals surface area contributed by atoms with Crippen molar-refractivity contribution in [2.24, 2.45) is 16.0 Å². The van der Waals surface area contributed by atoms with Crippen LogP contribution in [0.15, 0.2) is 0 Å². The minimum Gasteiger partial charge on any atom is -0.579 e. The molecule has 6 nitrogen and oxygen atoms in total. The van der Waals surface area contributed by atoms with Crippen LogP contribution >= 0.6 is 11.8 Å². The fourth-order valence-electron chi connectivity index (χ4n) is 0.368. The maximum Gasteiger partial charge on any atom is 0.320 e. The minimum atomic E-state index is -1.61. The van der Waals surface area contributed by atoms with E-state index < -0.39 is 23.6 Å². The number of aliphatic carboxylic acids is 1. The third-order valence-corrected chi connectivity index (χ3v) is 1.59. The van der Waals surface area contributed by atoms with E-state index in [1.807, 2.05) is 6.26 Å². The van der Waals surface area contributed by atoms with Gasteiger partial charge in [-0.15, -0.1) is 10.3 Å². The van der Waals surface area contributed by atoms with Crippen LogP contribution in [0.25, 0.3) is 0 Å². The normalized spacial score (nSPS) is 11.8. The van der Waals surface area contributed by atoms with Crippen LogP contribution in [-0.4, -0.2) is 33.7 Å². The van der Waals surface area contributed by atoms with Gasteiger partial charge in [0.1, 0.15) is 17.6 Å². The van der Waals surface area contributed by atoms with Gasteiger partial charge in [-0.05, 0) is 18.4 Å². The second-order valence-corrected chi connectivity index (χ2v) is 3.70. The molecule has 1 atom stereocenters. The Hall–Kier alpha value is 0.01000. The number of nitrogens with two attached hydrogens (primary N) is 3. The minimum absolute atomic E-state index is 0.552. The van der Waals surface area contributed by atoms with E-state index >= 15 is 0 Å². The molecule has 0 aromatic rings. The van der Waals surface area contributed by atoms with Crippen LogP contribution in [0.2, 0.25) is 0 Å². The lowest BCUT2D eigenvalue weighted by Gasteiger charge is -2.02. The second kappa shape index (κ2) is 10.1. The van der Waals surface area contributed by atoms with E-state index in [-0.39, 0.29) is 0 Å². The van der Waals surface area contributed by atoms with Crippen molar-refractivity contribution in [3.05, 3.63) is 0 Å². The molecule has 0 saturated heterocycles. The summed E-state index contributed by atoms with van der Waals surface area (Å²) in [6.45, 7) is 0. The van der Waals surface area contributed by atoms with Crippen LogP contribution in [0.1, 0.15) is 6.42 Å². The molecule has 0 rings (SSSR count). The summed E-state index contributed by atoms with van der Waals surface area (Å²) >= 11 is -0.00708. The molecule has 80 valence electrons. The molecule has 7 N–H and O–H groups in total. The van der Waals surface area contributed by atoms with Gasteiger partial charge in [-0.2, -0.15) is 11.8 Å². The van der Waals surface area contributed by atoms with Gasteiger partial charge in [0.25, 0.3) is 0 Å². The molecule has 13 heavy (non-hydrogen) atoms. The standard InChI is InChI=1S/C5H11NO2S.H4N2OS/c1-9-3-2-4(6)5(7)8;1-4(2)3/h4H,2-3,6H2,1H3,(H,7,8);1-2H2/t4-;/m0./s1. The Bertz CT molecular complexity index is 133. The number of carbonyl (C=O) groups is 1. The summed E-state index contributed by atoms with van der Waals surface area (Å²) in [5.74, 6) is -0.1000.